The number of halogens is 3. The molecule has 0 aliphatic heterocycles. The monoisotopic (exact) mass is 355 g/mol. The third kappa shape index (κ3) is 2.99. The van der Waals surface area contributed by atoms with Gasteiger partial charge in [-0.1, -0.05) is 23.2 Å². The Kier molecular flexibility index (Phi) is 4.15. The first-order valence-electron chi connectivity index (χ1n) is 6.10. The average Bonchev–Trinajstić information content (AvgIpc) is 3.01. The van der Waals surface area contributed by atoms with Crippen molar-refractivity contribution in [2.45, 2.75) is 0 Å². The van der Waals surface area contributed by atoms with Crippen molar-refractivity contribution in [2.24, 2.45) is 0 Å². The number of thiazole rings is 1. The molecule has 112 valence electrons. The summed E-state index contributed by atoms with van der Waals surface area (Å²) < 4.78 is 15.1. The third-order valence-corrected chi connectivity index (χ3v) is 4.18. The van der Waals surface area contributed by atoms with E-state index in [4.69, 9.17) is 23.2 Å². The van der Waals surface area contributed by atoms with Gasteiger partial charge in [-0.15, -0.1) is 11.3 Å². The second-order valence-electron chi connectivity index (χ2n) is 4.29. The van der Waals surface area contributed by atoms with E-state index in [0.717, 1.165) is 11.0 Å². The van der Waals surface area contributed by atoms with Crippen LogP contribution in [-0.2, 0) is 4.79 Å². The minimum Gasteiger partial charge on any atom is -0.322 e. The van der Waals surface area contributed by atoms with E-state index in [-0.39, 0.29) is 5.02 Å². The van der Waals surface area contributed by atoms with Crippen LogP contribution in [0.2, 0.25) is 10.2 Å². The maximum Gasteiger partial charge on any atom is 0.248 e. The lowest BCUT2D eigenvalue weighted by molar-refractivity contribution is -0.111. The van der Waals surface area contributed by atoms with E-state index >= 15 is 0 Å². The van der Waals surface area contributed by atoms with Gasteiger partial charge >= 0.3 is 0 Å². The van der Waals surface area contributed by atoms with Crippen LogP contribution in [0.3, 0.4) is 0 Å². The Morgan fingerprint density at radius 1 is 1.41 bits per heavy atom. The number of nitrogens with one attached hydrogen (secondary N) is 1. The van der Waals surface area contributed by atoms with Gasteiger partial charge in [0.05, 0.1) is 10.7 Å². The Morgan fingerprint density at radius 2 is 2.23 bits per heavy atom. The van der Waals surface area contributed by atoms with E-state index in [0.29, 0.717) is 16.5 Å². The largest absolute Gasteiger partial charge is 0.322 e. The molecule has 0 unspecified atom stereocenters. The Balaban J connectivity index is 1.77. The Labute approximate surface area is 138 Å². The van der Waals surface area contributed by atoms with Crippen LogP contribution in [0.4, 0.5) is 10.1 Å². The molecule has 22 heavy (non-hydrogen) atoms. The van der Waals surface area contributed by atoms with Crippen LogP contribution in [0.15, 0.2) is 35.9 Å². The van der Waals surface area contributed by atoms with Crippen LogP contribution in [0.5, 0.6) is 0 Å². The number of aromatic nitrogens is 2. The highest BCUT2D eigenvalue weighted by Gasteiger charge is 2.09. The van der Waals surface area contributed by atoms with Crippen LogP contribution < -0.4 is 5.32 Å². The molecule has 0 bridgehead atoms. The standard InChI is InChI=1S/C14H8Cl2FN3OS/c15-9-2-1-8(7-10(9)17)18-12(21)4-3-11-13(16)19-14-20(11)5-6-22-14/h1-7H,(H,18,21)/b4-3+. The van der Waals surface area contributed by atoms with E-state index in [1.807, 2.05) is 11.6 Å². The van der Waals surface area contributed by atoms with Gasteiger partial charge in [-0.2, -0.15) is 0 Å². The average molecular weight is 356 g/mol. The van der Waals surface area contributed by atoms with Gasteiger partial charge in [-0.05, 0) is 24.3 Å². The quantitative estimate of drug-likeness (QED) is 0.703. The number of imidazole rings is 1. The highest BCUT2D eigenvalue weighted by Crippen LogP contribution is 2.22. The summed E-state index contributed by atoms with van der Waals surface area (Å²) >= 11 is 13.0. The lowest BCUT2D eigenvalue weighted by atomic mass is 10.3. The molecule has 0 spiro atoms. The van der Waals surface area contributed by atoms with Gasteiger partial charge < -0.3 is 5.32 Å². The molecule has 1 aromatic carbocycles. The highest BCUT2D eigenvalue weighted by molar-refractivity contribution is 7.15. The first-order valence-corrected chi connectivity index (χ1v) is 7.73. The normalized spacial score (nSPS) is 11.4. The summed E-state index contributed by atoms with van der Waals surface area (Å²) in [5.41, 5.74) is 0.923. The molecule has 8 heteroatoms. The van der Waals surface area contributed by atoms with Gasteiger partial charge in [0, 0.05) is 23.3 Å². The molecule has 0 atom stereocenters. The fourth-order valence-electron chi connectivity index (χ4n) is 1.84. The smallest absolute Gasteiger partial charge is 0.248 e. The van der Waals surface area contributed by atoms with Crippen molar-refractivity contribution >= 4 is 57.2 Å². The minimum absolute atomic E-state index is 0.000525. The van der Waals surface area contributed by atoms with Crippen LogP contribution in [-0.4, -0.2) is 15.3 Å². The number of hydrogen-bond donors (Lipinski definition) is 1. The van der Waals surface area contributed by atoms with Crippen molar-refractivity contribution in [1.82, 2.24) is 9.38 Å². The molecule has 0 aliphatic carbocycles. The number of anilines is 1. The Morgan fingerprint density at radius 3 is 3.00 bits per heavy atom. The van der Waals surface area contributed by atoms with Gasteiger partial charge in [0.15, 0.2) is 10.1 Å². The van der Waals surface area contributed by atoms with E-state index in [1.54, 1.807) is 10.5 Å². The summed E-state index contributed by atoms with van der Waals surface area (Å²) in [4.78, 5) is 16.8. The van der Waals surface area contributed by atoms with Crippen molar-refractivity contribution in [3.05, 3.63) is 57.5 Å². The summed E-state index contributed by atoms with van der Waals surface area (Å²) in [6.45, 7) is 0. The number of hydrogen-bond acceptors (Lipinski definition) is 3. The van der Waals surface area contributed by atoms with Crippen LogP contribution in [0.25, 0.3) is 11.0 Å². The summed E-state index contributed by atoms with van der Waals surface area (Å²) in [5.74, 6) is -1.01. The van der Waals surface area contributed by atoms with Crippen molar-refractivity contribution in [3.8, 4) is 0 Å². The lowest BCUT2D eigenvalue weighted by Gasteiger charge is -2.02. The maximum atomic E-state index is 13.3. The zero-order valence-corrected chi connectivity index (χ0v) is 13.2. The predicted molar refractivity (Wildman–Crippen MR) is 87.2 cm³/mol. The van der Waals surface area contributed by atoms with Gasteiger partial charge in [0.25, 0.3) is 0 Å². The molecule has 1 amide bonds. The molecule has 2 heterocycles. The summed E-state index contributed by atoms with van der Waals surface area (Å²) in [6, 6.07) is 4.04. The molecule has 1 N–H and O–H groups in total. The van der Waals surface area contributed by atoms with E-state index in [1.165, 1.54) is 29.5 Å². The molecule has 0 saturated heterocycles. The van der Waals surface area contributed by atoms with Crippen LogP contribution in [0.1, 0.15) is 5.69 Å². The fourth-order valence-corrected chi connectivity index (χ4v) is 2.96. The number of rotatable bonds is 3. The van der Waals surface area contributed by atoms with Crippen molar-refractivity contribution < 1.29 is 9.18 Å². The van der Waals surface area contributed by atoms with E-state index in [2.05, 4.69) is 10.3 Å². The van der Waals surface area contributed by atoms with Gasteiger partial charge in [0.2, 0.25) is 5.91 Å². The topological polar surface area (TPSA) is 46.4 Å². The van der Waals surface area contributed by atoms with Crippen molar-refractivity contribution in [2.75, 3.05) is 5.32 Å². The number of carbonyl (C=O) groups excluding carboxylic acids is 1. The zero-order valence-electron chi connectivity index (χ0n) is 10.9. The van der Waals surface area contributed by atoms with Crippen molar-refractivity contribution in [3.63, 3.8) is 0 Å². The van der Waals surface area contributed by atoms with Gasteiger partial charge in [0.1, 0.15) is 5.82 Å². The first-order chi connectivity index (χ1) is 10.5. The zero-order chi connectivity index (χ0) is 15.7. The predicted octanol–water partition coefficient (Wildman–Crippen LogP) is 4.49. The molecule has 0 saturated carbocycles. The second-order valence-corrected chi connectivity index (χ2v) is 5.93. The number of carbonyl (C=O) groups is 1. The Bertz CT molecular complexity index is 887. The summed E-state index contributed by atoms with van der Waals surface area (Å²) in [6.07, 6.45) is 4.67. The van der Waals surface area contributed by atoms with Crippen LogP contribution >= 0.6 is 34.5 Å². The summed E-state index contributed by atoms with van der Waals surface area (Å²) in [7, 11) is 0. The maximum absolute atomic E-state index is 13.3. The first kappa shape index (κ1) is 15.0. The summed E-state index contributed by atoms with van der Waals surface area (Å²) in [5, 5.41) is 4.72. The molecule has 0 radical (unpaired) electrons. The third-order valence-electron chi connectivity index (χ3n) is 2.83. The van der Waals surface area contributed by atoms with Gasteiger partial charge in [-0.25, -0.2) is 9.37 Å². The molecular formula is C14H8Cl2FN3OS. The van der Waals surface area contributed by atoms with Crippen LogP contribution in [0, 0.1) is 5.82 Å². The lowest BCUT2D eigenvalue weighted by Crippen LogP contribution is -2.08. The Hall–Kier alpha value is -1.89. The number of nitrogens with zero attached hydrogens (tertiary/aromatic N) is 2. The van der Waals surface area contributed by atoms with Crippen molar-refractivity contribution in [1.29, 1.82) is 0 Å². The van der Waals surface area contributed by atoms with Gasteiger partial charge in [-0.3, -0.25) is 9.20 Å². The SMILES string of the molecule is O=C(/C=C/c1c(Cl)nc2sccn12)Nc1ccc(Cl)c(F)c1. The molecule has 0 aliphatic rings. The second kappa shape index (κ2) is 6.08. The molecule has 4 nitrogen and oxygen atoms in total. The number of amides is 1. The molecule has 2 aromatic heterocycles. The van der Waals surface area contributed by atoms with E-state index < -0.39 is 11.7 Å². The highest BCUT2D eigenvalue weighted by atomic mass is 35.5. The van der Waals surface area contributed by atoms with E-state index in [9.17, 15) is 9.18 Å². The molecule has 0 fully saturated rings. The molecular weight excluding hydrogens is 348 g/mol. The fraction of sp³-hybridized carbons (Fsp3) is 0. The molecule has 3 aromatic rings. The number of fused-ring (bicyclic) bond motifs is 1. The molecule has 3 rings (SSSR count). The minimum atomic E-state index is -0.595. The number of benzene rings is 1.